The quantitative estimate of drug-likeness (QED) is 0.793. The van der Waals surface area contributed by atoms with Crippen LogP contribution in [0.25, 0.3) is 11.5 Å². The Morgan fingerprint density at radius 3 is 2.94 bits per heavy atom. The minimum Gasteiger partial charge on any atom is -0.307 e. The topological polar surface area (TPSA) is 70.7 Å². The van der Waals surface area contributed by atoms with Crippen molar-refractivity contribution in [2.24, 2.45) is 0 Å². The number of H-pyrrole nitrogens is 1. The fraction of sp³-hybridized carbons (Fsp3) is 0.182. The lowest BCUT2D eigenvalue weighted by atomic mass is 10.2. The van der Waals surface area contributed by atoms with E-state index < -0.39 is 0 Å². The van der Waals surface area contributed by atoms with Crippen molar-refractivity contribution in [3.05, 3.63) is 45.0 Å². The first kappa shape index (κ1) is 10.4. The summed E-state index contributed by atoms with van der Waals surface area (Å²) in [5, 5.41) is 3.65. The second kappa shape index (κ2) is 3.94. The number of aromatic amines is 1. The van der Waals surface area contributed by atoms with Crippen molar-refractivity contribution in [2.75, 3.05) is 0 Å². The Balaban J connectivity index is 2.13. The summed E-state index contributed by atoms with van der Waals surface area (Å²) in [6.07, 6.45) is 1.53. The van der Waals surface area contributed by atoms with E-state index in [2.05, 4.69) is 20.3 Å². The van der Waals surface area contributed by atoms with Gasteiger partial charge in [-0.3, -0.25) is 9.78 Å². The lowest BCUT2D eigenvalue weighted by Gasteiger charge is -2.02. The van der Waals surface area contributed by atoms with Gasteiger partial charge in [0.1, 0.15) is 5.69 Å². The van der Waals surface area contributed by atoms with E-state index in [1.165, 1.54) is 6.20 Å². The molecule has 2 aromatic heterocycles. The van der Waals surface area contributed by atoms with E-state index in [-0.39, 0.29) is 5.56 Å². The van der Waals surface area contributed by atoms with Crippen LogP contribution in [0.2, 0.25) is 5.02 Å². The first-order valence-corrected chi connectivity index (χ1v) is 5.56. The number of hydrogen-bond donors (Lipinski definition) is 2. The van der Waals surface area contributed by atoms with Crippen molar-refractivity contribution in [3.8, 4) is 11.5 Å². The zero-order valence-electron chi connectivity index (χ0n) is 8.83. The standard InChI is InChI=1S/C11H9ClN4O/c12-6-1-2-8(14-3-6)10-15-9-5-13-4-7(9)11(17)16-10/h1-3,13H,4-5H2,(H,15,16,17). The van der Waals surface area contributed by atoms with Gasteiger partial charge < -0.3 is 10.3 Å². The van der Waals surface area contributed by atoms with Crippen LogP contribution in [0, 0.1) is 0 Å². The monoisotopic (exact) mass is 248 g/mol. The Morgan fingerprint density at radius 2 is 2.18 bits per heavy atom. The molecule has 5 nitrogen and oxygen atoms in total. The first-order chi connectivity index (χ1) is 8.24. The van der Waals surface area contributed by atoms with Gasteiger partial charge in [0.2, 0.25) is 0 Å². The van der Waals surface area contributed by atoms with Gasteiger partial charge in [-0.2, -0.15) is 0 Å². The average Bonchev–Trinajstić information content (AvgIpc) is 2.78. The van der Waals surface area contributed by atoms with Crippen LogP contribution < -0.4 is 10.9 Å². The molecule has 86 valence electrons. The van der Waals surface area contributed by atoms with Crippen LogP contribution in [0.5, 0.6) is 0 Å². The molecule has 0 spiro atoms. The van der Waals surface area contributed by atoms with Crippen LogP contribution >= 0.6 is 11.6 Å². The number of pyridine rings is 1. The average molecular weight is 249 g/mol. The lowest BCUT2D eigenvalue weighted by Crippen LogP contribution is -2.15. The van der Waals surface area contributed by atoms with E-state index in [4.69, 9.17) is 11.6 Å². The normalized spacial score (nSPS) is 13.7. The van der Waals surface area contributed by atoms with E-state index >= 15 is 0 Å². The molecular formula is C11H9ClN4O. The highest BCUT2D eigenvalue weighted by Gasteiger charge is 2.17. The van der Waals surface area contributed by atoms with Crippen molar-refractivity contribution in [3.63, 3.8) is 0 Å². The van der Waals surface area contributed by atoms with Crippen molar-refractivity contribution in [1.29, 1.82) is 0 Å². The minimum atomic E-state index is -0.105. The summed E-state index contributed by atoms with van der Waals surface area (Å²) in [4.78, 5) is 23.0. The molecule has 0 saturated carbocycles. The van der Waals surface area contributed by atoms with Gasteiger partial charge in [0.15, 0.2) is 5.82 Å². The van der Waals surface area contributed by atoms with E-state index in [0.717, 1.165) is 5.69 Å². The molecule has 0 saturated heterocycles. The summed E-state index contributed by atoms with van der Waals surface area (Å²) < 4.78 is 0. The molecule has 3 rings (SSSR count). The summed E-state index contributed by atoms with van der Waals surface area (Å²) in [7, 11) is 0. The van der Waals surface area contributed by atoms with Crippen molar-refractivity contribution < 1.29 is 0 Å². The largest absolute Gasteiger partial charge is 0.307 e. The highest BCUT2D eigenvalue weighted by Crippen LogP contribution is 2.16. The Kier molecular flexibility index (Phi) is 2.42. The van der Waals surface area contributed by atoms with Crippen molar-refractivity contribution >= 4 is 11.6 Å². The SMILES string of the molecule is O=c1[nH]c(-c2ccc(Cl)cn2)nc2c1CNC2. The third kappa shape index (κ3) is 1.83. The molecule has 1 aliphatic rings. The summed E-state index contributed by atoms with van der Waals surface area (Å²) in [5.41, 5.74) is 2.01. The lowest BCUT2D eigenvalue weighted by molar-refractivity contribution is 0.757. The zero-order valence-corrected chi connectivity index (χ0v) is 9.58. The van der Waals surface area contributed by atoms with Crippen LogP contribution in [0.1, 0.15) is 11.3 Å². The van der Waals surface area contributed by atoms with E-state index in [1.807, 2.05) is 0 Å². The maximum atomic E-state index is 11.8. The third-order valence-electron chi connectivity index (χ3n) is 2.67. The number of halogens is 1. The van der Waals surface area contributed by atoms with E-state index in [9.17, 15) is 4.79 Å². The fourth-order valence-electron chi connectivity index (χ4n) is 1.82. The Hall–Kier alpha value is -1.72. The maximum absolute atomic E-state index is 11.8. The highest BCUT2D eigenvalue weighted by molar-refractivity contribution is 6.30. The molecular weight excluding hydrogens is 240 g/mol. The van der Waals surface area contributed by atoms with Gasteiger partial charge in [-0.15, -0.1) is 0 Å². The van der Waals surface area contributed by atoms with Gasteiger partial charge in [-0.05, 0) is 12.1 Å². The number of fused-ring (bicyclic) bond motifs is 1. The van der Waals surface area contributed by atoms with Gasteiger partial charge >= 0.3 is 0 Å². The Morgan fingerprint density at radius 1 is 1.29 bits per heavy atom. The number of nitrogens with zero attached hydrogens (tertiary/aromatic N) is 2. The molecule has 2 aromatic rings. The first-order valence-electron chi connectivity index (χ1n) is 5.19. The zero-order chi connectivity index (χ0) is 11.8. The molecule has 6 heteroatoms. The van der Waals surface area contributed by atoms with Gasteiger partial charge in [-0.25, -0.2) is 4.98 Å². The molecule has 1 aliphatic heterocycles. The van der Waals surface area contributed by atoms with Gasteiger partial charge in [0.05, 0.1) is 16.3 Å². The van der Waals surface area contributed by atoms with Crippen LogP contribution in [0.15, 0.2) is 23.1 Å². The smallest absolute Gasteiger partial charge is 0.256 e. The predicted molar refractivity (Wildman–Crippen MR) is 63.6 cm³/mol. The minimum absolute atomic E-state index is 0.105. The van der Waals surface area contributed by atoms with Crippen molar-refractivity contribution in [1.82, 2.24) is 20.3 Å². The van der Waals surface area contributed by atoms with Gasteiger partial charge in [-0.1, -0.05) is 11.6 Å². The van der Waals surface area contributed by atoms with Crippen molar-refractivity contribution in [2.45, 2.75) is 13.1 Å². The number of hydrogen-bond acceptors (Lipinski definition) is 4. The summed E-state index contributed by atoms with van der Waals surface area (Å²) >= 11 is 5.76. The maximum Gasteiger partial charge on any atom is 0.256 e. The van der Waals surface area contributed by atoms with Gasteiger partial charge in [0.25, 0.3) is 5.56 Å². The van der Waals surface area contributed by atoms with Crippen LogP contribution in [-0.2, 0) is 13.1 Å². The fourth-order valence-corrected chi connectivity index (χ4v) is 1.93. The third-order valence-corrected chi connectivity index (χ3v) is 2.89. The molecule has 3 heterocycles. The molecule has 0 radical (unpaired) electrons. The molecule has 0 aromatic carbocycles. The summed E-state index contributed by atoms with van der Waals surface area (Å²) in [5.74, 6) is 0.481. The van der Waals surface area contributed by atoms with Crippen LogP contribution in [0.4, 0.5) is 0 Å². The molecule has 2 N–H and O–H groups in total. The summed E-state index contributed by atoms with van der Waals surface area (Å²) in [6.45, 7) is 1.20. The molecule has 0 unspecified atom stereocenters. The molecule has 0 atom stereocenters. The Bertz CT molecular complexity index is 620. The van der Waals surface area contributed by atoms with Gasteiger partial charge in [0, 0.05) is 19.3 Å². The van der Waals surface area contributed by atoms with Crippen LogP contribution in [-0.4, -0.2) is 15.0 Å². The highest BCUT2D eigenvalue weighted by atomic mass is 35.5. The molecule has 0 amide bonds. The number of aromatic nitrogens is 3. The molecule has 0 fully saturated rings. The second-order valence-electron chi connectivity index (χ2n) is 3.80. The number of nitrogens with one attached hydrogen (secondary N) is 2. The summed E-state index contributed by atoms with van der Waals surface area (Å²) in [6, 6.07) is 3.45. The molecule has 0 bridgehead atoms. The van der Waals surface area contributed by atoms with E-state index in [1.54, 1.807) is 12.1 Å². The molecule has 0 aliphatic carbocycles. The Labute approximate surface area is 102 Å². The number of rotatable bonds is 1. The second-order valence-corrected chi connectivity index (χ2v) is 4.24. The molecule has 17 heavy (non-hydrogen) atoms. The van der Waals surface area contributed by atoms with E-state index in [0.29, 0.717) is 35.2 Å². The predicted octanol–water partition coefficient (Wildman–Crippen LogP) is 1.09. The van der Waals surface area contributed by atoms with Crippen LogP contribution in [0.3, 0.4) is 0 Å².